The summed E-state index contributed by atoms with van der Waals surface area (Å²) in [7, 11) is -0.416. The van der Waals surface area contributed by atoms with Crippen molar-refractivity contribution in [3.8, 4) is 0 Å². The third-order valence-electron chi connectivity index (χ3n) is 4.17. The maximum atomic E-state index is 13.0. The van der Waals surface area contributed by atoms with Gasteiger partial charge in [0.15, 0.2) is 0 Å². The van der Waals surface area contributed by atoms with Crippen molar-refractivity contribution in [1.82, 2.24) is 9.78 Å². The van der Waals surface area contributed by atoms with E-state index in [1.807, 2.05) is 33.9 Å². The summed E-state index contributed by atoms with van der Waals surface area (Å²) in [5.41, 5.74) is 0.136. The lowest BCUT2D eigenvalue weighted by molar-refractivity contribution is 0.00578. The van der Waals surface area contributed by atoms with E-state index in [0.29, 0.717) is 6.42 Å². The van der Waals surface area contributed by atoms with E-state index in [4.69, 9.17) is 9.31 Å². The molecule has 0 spiro atoms. The van der Waals surface area contributed by atoms with Crippen molar-refractivity contribution in [2.75, 3.05) is 0 Å². The molecule has 0 aromatic carbocycles. The fourth-order valence-electron chi connectivity index (χ4n) is 2.06. The molecule has 1 aliphatic heterocycles. The minimum atomic E-state index is -0.754. The molecule has 1 aliphatic carbocycles. The summed E-state index contributed by atoms with van der Waals surface area (Å²) in [6.45, 7) is 8.04. The van der Waals surface area contributed by atoms with Gasteiger partial charge in [-0.05, 0) is 27.7 Å². The van der Waals surface area contributed by atoms with E-state index in [0.717, 1.165) is 5.46 Å². The first-order valence-electron chi connectivity index (χ1n) is 6.34. The predicted molar refractivity (Wildman–Crippen MR) is 66.5 cm³/mol. The SMILES string of the molecule is CC1(C)OB(c2cnn([C@H]3C[C@@H]3F)c2)OC1(C)C. The second kappa shape index (κ2) is 3.57. The zero-order valence-electron chi connectivity index (χ0n) is 11.2. The number of hydrogen-bond donors (Lipinski definition) is 0. The smallest absolute Gasteiger partial charge is 0.399 e. The van der Waals surface area contributed by atoms with Crippen LogP contribution in [0.25, 0.3) is 0 Å². The van der Waals surface area contributed by atoms with Crippen LogP contribution in [0.5, 0.6) is 0 Å². The van der Waals surface area contributed by atoms with Gasteiger partial charge in [-0.1, -0.05) is 0 Å². The number of hydrogen-bond acceptors (Lipinski definition) is 3. The van der Waals surface area contributed by atoms with Crippen molar-refractivity contribution in [3.05, 3.63) is 12.4 Å². The van der Waals surface area contributed by atoms with E-state index in [1.54, 1.807) is 10.9 Å². The Morgan fingerprint density at radius 3 is 2.39 bits per heavy atom. The zero-order valence-corrected chi connectivity index (χ0v) is 11.2. The van der Waals surface area contributed by atoms with Crippen LogP contribution in [-0.4, -0.2) is 34.3 Å². The second-order valence-electron chi connectivity index (χ2n) is 6.16. The van der Waals surface area contributed by atoms with Gasteiger partial charge in [0.05, 0.1) is 17.2 Å². The van der Waals surface area contributed by atoms with Crippen LogP contribution in [0.4, 0.5) is 4.39 Å². The topological polar surface area (TPSA) is 36.3 Å². The van der Waals surface area contributed by atoms with E-state index in [-0.39, 0.29) is 17.2 Å². The number of alkyl halides is 1. The summed E-state index contributed by atoms with van der Waals surface area (Å²) in [6, 6.07) is -0.0961. The van der Waals surface area contributed by atoms with Crippen molar-refractivity contribution < 1.29 is 13.7 Å². The first kappa shape index (κ1) is 12.2. The van der Waals surface area contributed by atoms with E-state index in [2.05, 4.69) is 5.10 Å². The molecule has 2 heterocycles. The van der Waals surface area contributed by atoms with Crippen LogP contribution in [0.1, 0.15) is 40.2 Å². The molecule has 98 valence electrons. The van der Waals surface area contributed by atoms with E-state index >= 15 is 0 Å². The van der Waals surface area contributed by atoms with Crippen LogP contribution >= 0.6 is 0 Å². The third kappa shape index (κ3) is 1.78. The number of halogens is 1. The van der Waals surface area contributed by atoms with Crippen molar-refractivity contribution in [2.45, 2.75) is 57.5 Å². The third-order valence-corrected chi connectivity index (χ3v) is 4.17. The van der Waals surface area contributed by atoms with Crippen LogP contribution in [0.15, 0.2) is 12.4 Å². The number of nitrogens with zero attached hydrogens (tertiary/aromatic N) is 2. The van der Waals surface area contributed by atoms with Gasteiger partial charge >= 0.3 is 7.12 Å². The molecular formula is C12H18BFN2O2. The highest BCUT2D eigenvalue weighted by Gasteiger charge is 2.52. The molecule has 2 fully saturated rings. The average molecular weight is 252 g/mol. The Balaban J connectivity index is 1.78. The Hall–Kier alpha value is -0.875. The summed E-state index contributed by atoms with van der Waals surface area (Å²) in [5.74, 6) is 0. The van der Waals surface area contributed by atoms with Crippen molar-refractivity contribution in [3.63, 3.8) is 0 Å². The van der Waals surface area contributed by atoms with E-state index < -0.39 is 13.3 Å². The molecule has 0 radical (unpaired) electrons. The molecule has 0 amide bonds. The molecule has 4 nitrogen and oxygen atoms in total. The monoisotopic (exact) mass is 252 g/mol. The van der Waals surface area contributed by atoms with Crippen LogP contribution in [0.3, 0.4) is 0 Å². The molecule has 0 unspecified atom stereocenters. The van der Waals surface area contributed by atoms with E-state index in [9.17, 15) is 4.39 Å². The lowest BCUT2D eigenvalue weighted by Gasteiger charge is -2.32. The van der Waals surface area contributed by atoms with Crippen LogP contribution in [-0.2, 0) is 9.31 Å². The fraction of sp³-hybridized carbons (Fsp3) is 0.750. The normalized spacial score (nSPS) is 32.8. The summed E-state index contributed by atoms with van der Waals surface area (Å²) >= 11 is 0. The van der Waals surface area contributed by atoms with Gasteiger partial charge in [-0.15, -0.1) is 0 Å². The Morgan fingerprint density at radius 1 is 1.33 bits per heavy atom. The Kier molecular flexibility index (Phi) is 2.42. The lowest BCUT2D eigenvalue weighted by Crippen LogP contribution is -2.41. The maximum Gasteiger partial charge on any atom is 0.498 e. The average Bonchev–Trinajstić information content (AvgIpc) is 2.73. The minimum absolute atomic E-state index is 0.0961. The maximum absolute atomic E-state index is 13.0. The molecule has 6 heteroatoms. The molecular weight excluding hydrogens is 234 g/mol. The molecule has 1 aromatic rings. The number of rotatable bonds is 2. The van der Waals surface area contributed by atoms with E-state index in [1.165, 1.54) is 0 Å². The summed E-state index contributed by atoms with van der Waals surface area (Å²) in [5, 5.41) is 4.19. The first-order valence-corrected chi connectivity index (χ1v) is 6.34. The van der Waals surface area contributed by atoms with Gasteiger partial charge in [-0.25, -0.2) is 4.39 Å². The number of aromatic nitrogens is 2. The fourth-order valence-corrected chi connectivity index (χ4v) is 2.06. The van der Waals surface area contributed by atoms with Crippen LogP contribution in [0.2, 0.25) is 0 Å². The highest BCUT2D eigenvalue weighted by molar-refractivity contribution is 6.61. The quantitative estimate of drug-likeness (QED) is 0.748. The van der Waals surface area contributed by atoms with Crippen LogP contribution < -0.4 is 5.46 Å². The van der Waals surface area contributed by atoms with Crippen molar-refractivity contribution >= 4 is 12.6 Å². The molecule has 0 N–H and O–H groups in total. The highest BCUT2D eigenvalue weighted by Crippen LogP contribution is 2.39. The van der Waals surface area contributed by atoms with Crippen molar-refractivity contribution in [1.29, 1.82) is 0 Å². The molecule has 1 aromatic heterocycles. The van der Waals surface area contributed by atoms with Crippen molar-refractivity contribution in [2.24, 2.45) is 0 Å². The largest absolute Gasteiger partial charge is 0.498 e. The minimum Gasteiger partial charge on any atom is -0.399 e. The van der Waals surface area contributed by atoms with Gasteiger partial charge in [0, 0.05) is 24.3 Å². The summed E-state index contributed by atoms with van der Waals surface area (Å²) in [6.07, 6.45) is 3.33. The van der Waals surface area contributed by atoms with Gasteiger partial charge < -0.3 is 9.31 Å². The molecule has 3 rings (SSSR count). The van der Waals surface area contributed by atoms with Crippen LogP contribution in [0, 0.1) is 0 Å². The predicted octanol–water partition coefficient (Wildman–Crippen LogP) is 1.47. The Morgan fingerprint density at radius 2 is 1.89 bits per heavy atom. The second-order valence-corrected chi connectivity index (χ2v) is 6.16. The molecule has 0 bridgehead atoms. The lowest BCUT2D eigenvalue weighted by atomic mass is 9.82. The van der Waals surface area contributed by atoms with Gasteiger partial charge in [0.2, 0.25) is 0 Å². The molecule has 18 heavy (non-hydrogen) atoms. The van der Waals surface area contributed by atoms with Gasteiger partial charge in [-0.2, -0.15) is 5.10 Å². The highest BCUT2D eigenvalue weighted by atomic mass is 19.1. The molecule has 2 atom stereocenters. The standard InChI is InChI=1S/C12H18BFN2O2/c1-11(2)12(3,4)18-13(17-11)8-6-15-16(7-8)10-5-9(10)14/h6-7,9-10H,5H2,1-4H3/t9-,10-/m0/s1. The summed E-state index contributed by atoms with van der Waals surface area (Å²) in [4.78, 5) is 0. The molecule has 1 saturated heterocycles. The van der Waals surface area contributed by atoms with Gasteiger partial charge in [-0.3, -0.25) is 4.68 Å². The first-order chi connectivity index (χ1) is 8.30. The van der Waals surface area contributed by atoms with Gasteiger partial charge in [0.1, 0.15) is 6.17 Å². The molecule has 1 saturated carbocycles. The van der Waals surface area contributed by atoms with Gasteiger partial charge in [0.25, 0.3) is 0 Å². The summed E-state index contributed by atoms with van der Waals surface area (Å²) < 4.78 is 26.5. The Bertz CT molecular complexity index is 458. The zero-order chi connectivity index (χ0) is 13.1. The molecule has 2 aliphatic rings. The Labute approximate surface area is 107 Å².